The SMILES string of the molecule is OB(O)c1cnc2[nH]cc(C3(c4ccccc4)CCCCC3)c2c1. The van der Waals surface area contributed by atoms with Gasteiger partial charge in [-0.05, 0) is 30.0 Å². The van der Waals surface area contributed by atoms with E-state index >= 15 is 0 Å². The second-order valence-corrected chi connectivity index (χ2v) is 6.75. The van der Waals surface area contributed by atoms with Crippen molar-refractivity contribution in [2.45, 2.75) is 37.5 Å². The predicted molar refractivity (Wildman–Crippen MR) is 96.2 cm³/mol. The number of nitrogens with zero attached hydrogens (tertiary/aromatic N) is 1. The molecule has 2 aromatic heterocycles. The van der Waals surface area contributed by atoms with Crippen LogP contribution in [0.2, 0.25) is 0 Å². The number of nitrogens with one attached hydrogen (secondary N) is 1. The lowest BCUT2D eigenvalue weighted by Crippen LogP contribution is -2.32. The number of fused-ring (bicyclic) bond motifs is 1. The summed E-state index contributed by atoms with van der Waals surface area (Å²) in [5.41, 5.74) is 3.76. The first kappa shape index (κ1) is 15.4. The van der Waals surface area contributed by atoms with Crippen molar-refractivity contribution in [1.29, 1.82) is 0 Å². The third-order valence-electron chi connectivity index (χ3n) is 5.40. The van der Waals surface area contributed by atoms with E-state index in [1.165, 1.54) is 36.6 Å². The Kier molecular flexibility index (Phi) is 3.90. The third kappa shape index (κ3) is 2.45. The Hall–Kier alpha value is -2.11. The molecule has 1 aromatic carbocycles. The lowest BCUT2D eigenvalue weighted by molar-refractivity contribution is 0.348. The summed E-state index contributed by atoms with van der Waals surface area (Å²) in [5, 5.41) is 20.0. The van der Waals surface area contributed by atoms with Crippen LogP contribution in [0.4, 0.5) is 0 Å². The zero-order chi connectivity index (χ0) is 16.6. The van der Waals surface area contributed by atoms with E-state index in [0.717, 1.165) is 23.9 Å². The second-order valence-electron chi connectivity index (χ2n) is 6.75. The van der Waals surface area contributed by atoms with Gasteiger partial charge in [0, 0.05) is 28.7 Å². The summed E-state index contributed by atoms with van der Waals surface area (Å²) in [5.74, 6) is 0. The van der Waals surface area contributed by atoms with Gasteiger partial charge in [-0.25, -0.2) is 4.98 Å². The van der Waals surface area contributed by atoms with E-state index in [9.17, 15) is 10.0 Å². The van der Waals surface area contributed by atoms with Gasteiger partial charge in [-0.15, -0.1) is 0 Å². The molecule has 0 amide bonds. The molecule has 1 saturated carbocycles. The van der Waals surface area contributed by atoms with Gasteiger partial charge in [-0.2, -0.15) is 0 Å². The number of aromatic nitrogens is 2. The molecule has 0 unspecified atom stereocenters. The van der Waals surface area contributed by atoms with Crippen LogP contribution in [-0.4, -0.2) is 27.1 Å². The fraction of sp³-hybridized carbons (Fsp3) is 0.316. The lowest BCUT2D eigenvalue weighted by atomic mass is 9.65. The van der Waals surface area contributed by atoms with Crippen LogP contribution < -0.4 is 5.46 Å². The van der Waals surface area contributed by atoms with Gasteiger partial charge in [0.15, 0.2) is 0 Å². The molecule has 0 saturated heterocycles. The maximum atomic E-state index is 9.51. The number of hydrogen-bond acceptors (Lipinski definition) is 3. The quantitative estimate of drug-likeness (QED) is 0.650. The first-order valence-electron chi connectivity index (χ1n) is 8.60. The van der Waals surface area contributed by atoms with Crippen LogP contribution in [0.5, 0.6) is 0 Å². The fourth-order valence-electron chi connectivity index (χ4n) is 4.18. The summed E-state index contributed by atoms with van der Waals surface area (Å²) in [7, 11) is -1.50. The van der Waals surface area contributed by atoms with Crippen molar-refractivity contribution < 1.29 is 10.0 Å². The molecule has 0 atom stereocenters. The Morgan fingerprint density at radius 1 is 1.04 bits per heavy atom. The zero-order valence-electron chi connectivity index (χ0n) is 13.6. The van der Waals surface area contributed by atoms with Crippen LogP contribution in [0.1, 0.15) is 43.2 Å². The van der Waals surface area contributed by atoms with Crippen molar-refractivity contribution in [3.8, 4) is 0 Å². The molecular formula is C19H21BN2O2. The third-order valence-corrected chi connectivity index (χ3v) is 5.40. The largest absolute Gasteiger partial charge is 0.490 e. The van der Waals surface area contributed by atoms with Gasteiger partial charge in [0.1, 0.15) is 5.65 Å². The highest BCUT2D eigenvalue weighted by molar-refractivity contribution is 6.58. The number of H-pyrrole nitrogens is 1. The average Bonchev–Trinajstić information content (AvgIpc) is 3.06. The van der Waals surface area contributed by atoms with E-state index in [2.05, 4.69) is 46.5 Å². The molecule has 1 aliphatic rings. The molecule has 1 fully saturated rings. The number of rotatable bonds is 3. The van der Waals surface area contributed by atoms with E-state index in [4.69, 9.17) is 0 Å². The van der Waals surface area contributed by atoms with Gasteiger partial charge in [0.25, 0.3) is 0 Å². The summed E-state index contributed by atoms with van der Waals surface area (Å²) in [6, 6.07) is 12.5. The highest BCUT2D eigenvalue weighted by Crippen LogP contribution is 2.46. The fourth-order valence-corrected chi connectivity index (χ4v) is 4.18. The Morgan fingerprint density at radius 3 is 2.50 bits per heavy atom. The molecule has 5 heteroatoms. The number of hydrogen-bond donors (Lipinski definition) is 3. The molecule has 24 heavy (non-hydrogen) atoms. The molecule has 4 nitrogen and oxygen atoms in total. The van der Waals surface area contributed by atoms with Crippen LogP contribution >= 0.6 is 0 Å². The Labute approximate surface area is 141 Å². The van der Waals surface area contributed by atoms with Gasteiger partial charge < -0.3 is 15.0 Å². The molecule has 122 valence electrons. The minimum absolute atomic E-state index is 0.0293. The summed E-state index contributed by atoms with van der Waals surface area (Å²) < 4.78 is 0. The molecule has 0 bridgehead atoms. The van der Waals surface area contributed by atoms with Gasteiger partial charge in [-0.3, -0.25) is 0 Å². The van der Waals surface area contributed by atoms with Gasteiger partial charge >= 0.3 is 7.12 Å². The summed E-state index contributed by atoms with van der Waals surface area (Å²) in [6.45, 7) is 0. The van der Waals surface area contributed by atoms with E-state index in [1.54, 1.807) is 0 Å². The summed E-state index contributed by atoms with van der Waals surface area (Å²) >= 11 is 0. The molecule has 4 rings (SSSR count). The average molecular weight is 320 g/mol. The van der Waals surface area contributed by atoms with E-state index in [0.29, 0.717) is 5.46 Å². The van der Waals surface area contributed by atoms with Crippen LogP contribution in [0.15, 0.2) is 48.8 Å². The minimum Gasteiger partial charge on any atom is -0.423 e. The smallest absolute Gasteiger partial charge is 0.423 e. The molecule has 3 N–H and O–H groups in total. The molecule has 3 aromatic rings. The maximum Gasteiger partial charge on any atom is 0.490 e. The first-order valence-corrected chi connectivity index (χ1v) is 8.60. The van der Waals surface area contributed by atoms with Crippen molar-refractivity contribution in [3.63, 3.8) is 0 Å². The van der Waals surface area contributed by atoms with Crippen molar-refractivity contribution in [2.24, 2.45) is 0 Å². The highest BCUT2D eigenvalue weighted by Gasteiger charge is 2.37. The van der Waals surface area contributed by atoms with Crippen LogP contribution in [0.25, 0.3) is 11.0 Å². The minimum atomic E-state index is -1.50. The van der Waals surface area contributed by atoms with Gasteiger partial charge in [0.05, 0.1) is 0 Å². The van der Waals surface area contributed by atoms with Crippen molar-refractivity contribution in [2.75, 3.05) is 0 Å². The van der Waals surface area contributed by atoms with Crippen LogP contribution in [-0.2, 0) is 5.41 Å². The number of benzene rings is 1. The van der Waals surface area contributed by atoms with Crippen molar-refractivity contribution in [1.82, 2.24) is 9.97 Å². The normalized spacial score (nSPS) is 17.1. The standard InChI is InChI=1S/C19H21BN2O2/c23-20(24)15-11-16-17(13-22-18(16)21-12-15)19(9-5-2-6-10-19)14-7-3-1-4-8-14/h1,3-4,7-8,11-13,23-24H,2,5-6,9-10H2,(H,21,22). The van der Waals surface area contributed by atoms with Crippen LogP contribution in [0.3, 0.4) is 0 Å². The second kappa shape index (κ2) is 6.08. The molecule has 1 aliphatic carbocycles. The molecular weight excluding hydrogens is 299 g/mol. The van der Waals surface area contributed by atoms with Crippen molar-refractivity contribution in [3.05, 3.63) is 59.9 Å². The predicted octanol–water partition coefficient (Wildman–Crippen LogP) is 2.49. The molecule has 0 spiro atoms. The lowest BCUT2D eigenvalue weighted by Gasteiger charge is -2.38. The molecule has 0 radical (unpaired) electrons. The topological polar surface area (TPSA) is 69.1 Å². The summed E-state index contributed by atoms with van der Waals surface area (Å²) in [6.07, 6.45) is 9.48. The van der Waals surface area contributed by atoms with Crippen molar-refractivity contribution >= 4 is 23.6 Å². The first-order chi connectivity index (χ1) is 11.7. The van der Waals surface area contributed by atoms with E-state index in [1.807, 2.05) is 6.07 Å². The highest BCUT2D eigenvalue weighted by atomic mass is 16.4. The van der Waals surface area contributed by atoms with E-state index < -0.39 is 7.12 Å². The van der Waals surface area contributed by atoms with Gasteiger partial charge in [-0.1, -0.05) is 49.6 Å². The Bertz CT molecular complexity index is 839. The van der Waals surface area contributed by atoms with E-state index in [-0.39, 0.29) is 5.41 Å². The zero-order valence-corrected chi connectivity index (χ0v) is 13.6. The summed E-state index contributed by atoms with van der Waals surface area (Å²) in [4.78, 5) is 7.64. The monoisotopic (exact) mass is 320 g/mol. The maximum absolute atomic E-state index is 9.51. The number of aromatic amines is 1. The molecule has 0 aliphatic heterocycles. The number of pyridine rings is 1. The Morgan fingerprint density at radius 2 is 1.79 bits per heavy atom. The molecule has 2 heterocycles. The Balaban J connectivity index is 1.93. The van der Waals surface area contributed by atoms with Crippen LogP contribution in [0, 0.1) is 0 Å². The van der Waals surface area contributed by atoms with Gasteiger partial charge in [0.2, 0.25) is 0 Å².